The average molecular weight is 266 g/mol. The molecule has 1 spiro atoms. The zero-order valence-electron chi connectivity index (χ0n) is 11.7. The summed E-state index contributed by atoms with van der Waals surface area (Å²) in [5, 5.41) is 3.54. The second-order valence-corrected chi connectivity index (χ2v) is 5.65. The largest absolute Gasteiger partial charge is 0.444 e. The SMILES string of the molecule is Cc1nc(CNC2CCOC3(CCOC3)C2)oc1C. The number of oxazole rings is 1. The predicted molar refractivity (Wildman–Crippen MR) is 70.0 cm³/mol. The van der Waals surface area contributed by atoms with E-state index in [1.165, 1.54) is 0 Å². The van der Waals surface area contributed by atoms with E-state index in [2.05, 4.69) is 10.3 Å². The number of aromatic nitrogens is 1. The number of aryl methyl sites for hydroxylation is 2. The zero-order chi connectivity index (χ0) is 13.3. The molecule has 19 heavy (non-hydrogen) atoms. The van der Waals surface area contributed by atoms with Gasteiger partial charge in [-0.2, -0.15) is 0 Å². The molecular formula is C14H22N2O3. The highest BCUT2D eigenvalue weighted by Gasteiger charge is 2.40. The minimum Gasteiger partial charge on any atom is -0.444 e. The van der Waals surface area contributed by atoms with Crippen LogP contribution in [0.5, 0.6) is 0 Å². The van der Waals surface area contributed by atoms with Crippen LogP contribution in [0.4, 0.5) is 0 Å². The summed E-state index contributed by atoms with van der Waals surface area (Å²) in [4.78, 5) is 4.40. The zero-order valence-corrected chi connectivity index (χ0v) is 11.7. The highest BCUT2D eigenvalue weighted by atomic mass is 16.6. The lowest BCUT2D eigenvalue weighted by Crippen LogP contribution is -2.47. The van der Waals surface area contributed by atoms with E-state index in [1.54, 1.807) is 0 Å². The standard InChI is InChI=1S/C14H22N2O3/c1-10-11(2)19-13(16-10)8-15-12-3-5-18-14(7-12)4-6-17-9-14/h12,15H,3-9H2,1-2H3. The van der Waals surface area contributed by atoms with Gasteiger partial charge >= 0.3 is 0 Å². The van der Waals surface area contributed by atoms with Gasteiger partial charge in [-0.3, -0.25) is 0 Å². The predicted octanol–water partition coefficient (Wildman–Crippen LogP) is 1.72. The molecule has 3 heterocycles. The van der Waals surface area contributed by atoms with E-state index < -0.39 is 0 Å². The van der Waals surface area contributed by atoms with Crippen molar-refractivity contribution in [2.45, 2.75) is 51.3 Å². The van der Waals surface area contributed by atoms with Crippen molar-refractivity contribution in [3.63, 3.8) is 0 Å². The van der Waals surface area contributed by atoms with Crippen molar-refractivity contribution >= 4 is 0 Å². The Hall–Kier alpha value is -0.910. The summed E-state index contributed by atoms with van der Waals surface area (Å²) >= 11 is 0. The Morgan fingerprint density at radius 2 is 2.26 bits per heavy atom. The molecule has 1 aromatic heterocycles. The van der Waals surface area contributed by atoms with Crippen molar-refractivity contribution in [3.8, 4) is 0 Å². The van der Waals surface area contributed by atoms with Crippen molar-refractivity contribution in [1.29, 1.82) is 0 Å². The highest BCUT2D eigenvalue weighted by Crippen LogP contribution is 2.32. The van der Waals surface area contributed by atoms with Crippen LogP contribution in [-0.2, 0) is 16.0 Å². The average Bonchev–Trinajstić information content (AvgIpc) is 2.96. The van der Waals surface area contributed by atoms with Crippen molar-refractivity contribution < 1.29 is 13.9 Å². The summed E-state index contributed by atoms with van der Waals surface area (Å²) in [6.07, 6.45) is 3.08. The number of hydrogen-bond acceptors (Lipinski definition) is 5. The van der Waals surface area contributed by atoms with Gasteiger partial charge in [0.05, 0.1) is 24.4 Å². The number of hydrogen-bond donors (Lipinski definition) is 1. The normalized spacial score (nSPS) is 31.2. The van der Waals surface area contributed by atoms with Crippen LogP contribution < -0.4 is 5.32 Å². The van der Waals surface area contributed by atoms with Gasteiger partial charge in [-0.15, -0.1) is 0 Å². The Kier molecular flexibility index (Phi) is 3.60. The Balaban J connectivity index is 1.55. The maximum Gasteiger partial charge on any atom is 0.208 e. The highest BCUT2D eigenvalue weighted by molar-refractivity contribution is 5.05. The van der Waals surface area contributed by atoms with Crippen LogP contribution in [0.25, 0.3) is 0 Å². The van der Waals surface area contributed by atoms with Gasteiger partial charge in [-0.05, 0) is 26.7 Å². The van der Waals surface area contributed by atoms with Crippen LogP contribution in [-0.4, -0.2) is 36.4 Å². The van der Waals surface area contributed by atoms with Gasteiger partial charge < -0.3 is 19.2 Å². The fourth-order valence-corrected chi connectivity index (χ4v) is 2.91. The van der Waals surface area contributed by atoms with Gasteiger partial charge in [0.2, 0.25) is 5.89 Å². The second kappa shape index (κ2) is 5.23. The summed E-state index contributed by atoms with van der Waals surface area (Å²) in [6, 6.07) is 0.461. The molecule has 5 heteroatoms. The molecular weight excluding hydrogens is 244 g/mol. The molecule has 2 unspecified atom stereocenters. The first-order valence-corrected chi connectivity index (χ1v) is 7.05. The molecule has 2 aliphatic heterocycles. The Morgan fingerprint density at radius 3 is 2.95 bits per heavy atom. The molecule has 2 aliphatic rings. The molecule has 0 saturated carbocycles. The summed E-state index contributed by atoms with van der Waals surface area (Å²) in [5.41, 5.74) is 0.933. The third kappa shape index (κ3) is 2.83. The van der Waals surface area contributed by atoms with E-state index in [1.807, 2.05) is 13.8 Å². The Morgan fingerprint density at radius 1 is 1.37 bits per heavy atom. The summed E-state index contributed by atoms with van der Waals surface area (Å²) in [5.74, 6) is 1.68. The molecule has 0 radical (unpaired) electrons. The van der Waals surface area contributed by atoms with E-state index in [0.29, 0.717) is 12.6 Å². The smallest absolute Gasteiger partial charge is 0.208 e. The first-order valence-electron chi connectivity index (χ1n) is 7.05. The van der Waals surface area contributed by atoms with Gasteiger partial charge in [-0.1, -0.05) is 0 Å². The first-order chi connectivity index (χ1) is 9.17. The van der Waals surface area contributed by atoms with Crippen LogP contribution in [0.2, 0.25) is 0 Å². The molecule has 0 bridgehead atoms. The molecule has 0 amide bonds. The molecule has 0 aromatic carbocycles. The third-order valence-corrected chi connectivity index (χ3v) is 4.17. The van der Waals surface area contributed by atoms with E-state index in [9.17, 15) is 0 Å². The lowest BCUT2D eigenvalue weighted by Gasteiger charge is -2.37. The molecule has 0 aliphatic carbocycles. The van der Waals surface area contributed by atoms with Crippen LogP contribution in [0.3, 0.4) is 0 Å². The molecule has 106 valence electrons. The maximum absolute atomic E-state index is 5.93. The molecule has 2 fully saturated rings. The van der Waals surface area contributed by atoms with Crippen molar-refractivity contribution in [2.75, 3.05) is 19.8 Å². The molecule has 2 saturated heterocycles. The van der Waals surface area contributed by atoms with E-state index in [0.717, 1.165) is 56.4 Å². The van der Waals surface area contributed by atoms with E-state index in [4.69, 9.17) is 13.9 Å². The van der Waals surface area contributed by atoms with Gasteiger partial charge in [0.15, 0.2) is 0 Å². The maximum atomic E-state index is 5.93. The summed E-state index contributed by atoms with van der Waals surface area (Å²) in [7, 11) is 0. The molecule has 3 rings (SSSR count). The number of nitrogens with one attached hydrogen (secondary N) is 1. The summed E-state index contributed by atoms with van der Waals surface area (Å²) < 4.78 is 17.0. The van der Waals surface area contributed by atoms with Crippen LogP contribution in [0.1, 0.15) is 36.6 Å². The topological polar surface area (TPSA) is 56.5 Å². The number of ether oxygens (including phenoxy) is 2. The fraction of sp³-hybridized carbons (Fsp3) is 0.786. The fourth-order valence-electron chi connectivity index (χ4n) is 2.91. The monoisotopic (exact) mass is 266 g/mol. The number of nitrogens with zero attached hydrogens (tertiary/aromatic N) is 1. The van der Waals surface area contributed by atoms with Gasteiger partial charge in [0, 0.05) is 25.7 Å². The molecule has 1 aromatic rings. The number of rotatable bonds is 3. The van der Waals surface area contributed by atoms with Crippen molar-refractivity contribution in [2.24, 2.45) is 0 Å². The quantitative estimate of drug-likeness (QED) is 0.902. The minimum absolute atomic E-state index is 0.0433. The molecule has 1 N–H and O–H groups in total. The Labute approximate surface area is 113 Å². The van der Waals surface area contributed by atoms with Crippen LogP contribution >= 0.6 is 0 Å². The van der Waals surface area contributed by atoms with Crippen molar-refractivity contribution in [3.05, 3.63) is 17.3 Å². The second-order valence-electron chi connectivity index (χ2n) is 5.65. The molecule has 5 nitrogen and oxygen atoms in total. The van der Waals surface area contributed by atoms with Crippen molar-refractivity contribution in [1.82, 2.24) is 10.3 Å². The van der Waals surface area contributed by atoms with E-state index >= 15 is 0 Å². The van der Waals surface area contributed by atoms with Crippen LogP contribution in [0, 0.1) is 13.8 Å². The minimum atomic E-state index is -0.0433. The Bertz CT molecular complexity index is 418. The third-order valence-electron chi connectivity index (χ3n) is 4.17. The van der Waals surface area contributed by atoms with E-state index in [-0.39, 0.29) is 5.60 Å². The molecule has 2 atom stereocenters. The van der Waals surface area contributed by atoms with Crippen LogP contribution in [0.15, 0.2) is 4.42 Å². The van der Waals surface area contributed by atoms with Gasteiger partial charge in [0.25, 0.3) is 0 Å². The van der Waals surface area contributed by atoms with Gasteiger partial charge in [0.1, 0.15) is 5.76 Å². The first kappa shape index (κ1) is 13.1. The summed E-state index contributed by atoms with van der Waals surface area (Å²) in [6.45, 7) is 6.99. The lowest BCUT2D eigenvalue weighted by atomic mass is 9.90. The lowest BCUT2D eigenvalue weighted by molar-refractivity contribution is -0.0896. The van der Waals surface area contributed by atoms with Gasteiger partial charge in [-0.25, -0.2) is 4.98 Å².